The number of halogens is 1. The molecule has 3 nitrogen and oxygen atoms in total. The zero-order chi connectivity index (χ0) is 12.8. The van der Waals surface area contributed by atoms with E-state index in [2.05, 4.69) is 17.4 Å². The zero-order valence-electron chi connectivity index (χ0n) is 11.5. The molecular formula is C15H23ClN2O. The van der Waals surface area contributed by atoms with Gasteiger partial charge in [0.25, 0.3) is 0 Å². The molecule has 0 aromatic heterocycles. The van der Waals surface area contributed by atoms with E-state index in [1.807, 2.05) is 30.1 Å². The molecule has 2 rings (SSSR count). The number of nitrogens with zero attached hydrogens (tertiary/aromatic N) is 1. The monoisotopic (exact) mass is 282 g/mol. The van der Waals surface area contributed by atoms with Crippen LogP contribution < -0.4 is 5.32 Å². The Hall–Kier alpha value is -1.06. The lowest BCUT2D eigenvalue weighted by Gasteiger charge is -2.27. The molecule has 19 heavy (non-hydrogen) atoms. The number of carbonyl (C=O) groups excluding carboxylic acids is 1. The lowest BCUT2D eigenvalue weighted by Crippen LogP contribution is -2.47. The van der Waals surface area contributed by atoms with Crippen LogP contribution in [0.4, 0.5) is 0 Å². The van der Waals surface area contributed by atoms with Crippen LogP contribution in [0.3, 0.4) is 0 Å². The van der Waals surface area contributed by atoms with Gasteiger partial charge in [0.2, 0.25) is 5.91 Å². The number of nitrogens with one attached hydrogen (secondary N) is 1. The van der Waals surface area contributed by atoms with Gasteiger partial charge in [0.1, 0.15) is 0 Å². The Morgan fingerprint density at radius 1 is 1.32 bits per heavy atom. The number of benzene rings is 1. The fourth-order valence-corrected chi connectivity index (χ4v) is 2.38. The molecule has 0 aliphatic carbocycles. The van der Waals surface area contributed by atoms with E-state index in [1.54, 1.807) is 0 Å². The third-order valence-corrected chi connectivity index (χ3v) is 3.56. The molecule has 1 amide bonds. The highest BCUT2D eigenvalue weighted by atomic mass is 35.5. The maximum Gasteiger partial charge on any atom is 0.239 e. The molecule has 0 radical (unpaired) electrons. The quantitative estimate of drug-likeness (QED) is 0.919. The highest BCUT2D eigenvalue weighted by Gasteiger charge is 2.23. The van der Waals surface area contributed by atoms with E-state index in [-0.39, 0.29) is 24.4 Å². The number of hydrogen-bond donors (Lipinski definition) is 1. The molecule has 0 unspecified atom stereocenters. The van der Waals surface area contributed by atoms with Crippen molar-refractivity contribution in [2.24, 2.45) is 0 Å². The molecule has 1 fully saturated rings. The van der Waals surface area contributed by atoms with Gasteiger partial charge in [0, 0.05) is 13.6 Å². The van der Waals surface area contributed by atoms with E-state index in [1.165, 1.54) is 12.0 Å². The number of likely N-dealkylation sites (N-methyl/N-ethyl adjacent to an activating group) is 1. The minimum Gasteiger partial charge on any atom is -0.344 e. The van der Waals surface area contributed by atoms with Gasteiger partial charge in [-0.2, -0.15) is 0 Å². The van der Waals surface area contributed by atoms with Crippen LogP contribution in [0.2, 0.25) is 0 Å². The van der Waals surface area contributed by atoms with E-state index < -0.39 is 0 Å². The fourth-order valence-electron chi connectivity index (χ4n) is 2.38. The first kappa shape index (κ1) is 16.0. The van der Waals surface area contributed by atoms with Gasteiger partial charge in [-0.1, -0.05) is 36.8 Å². The second-order valence-corrected chi connectivity index (χ2v) is 5.00. The molecular weight excluding hydrogens is 260 g/mol. The van der Waals surface area contributed by atoms with Gasteiger partial charge in [0.05, 0.1) is 6.04 Å². The topological polar surface area (TPSA) is 32.3 Å². The van der Waals surface area contributed by atoms with Crippen LogP contribution in [0, 0.1) is 0 Å². The number of hydrogen-bond acceptors (Lipinski definition) is 2. The van der Waals surface area contributed by atoms with Gasteiger partial charge < -0.3 is 10.2 Å². The van der Waals surface area contributed by atoms with Crippen LogP contribution in [-0.2, 0) is 11.2 Å². The molecule has 1 aliphatic rings. The third kappa shape index (κ3) is 4.84. The molecule has 1 aromatic rings. The molecule has 1 atom stereocenters. The zero-order valence-corrected chi connectivity index (χ0v) is 12.3. The molecule has 1 saturated heterocycles. The van der Waals surface area contributed by atoms with Crippen LogP contribution in [0.1, 0.15) is 24.8 Å². The van der Waals surface area contributed by atoms with Crippen molar-refractivity contribution in [2.75, 3.05) is 20.1 Å². The van der Waals surface area contributed by atoms with Crippen molar-refractivity contribution in [2.45, 2.75) is 31.7 Å². The van der Waals surface area contributed by atoms with E-state index in [0.717, 1.165) is 32.4 Å². The average molecular weight is 283 g/mol. The van der Waals surface area contributed by atoms with E-state index in [0.29, 0.717) is 0 Å². The van der Waals surface area contributed by atoms with Gasteiger partial charge in [-0.05, 0) is 31.4 Å². The van der Waals surface area contributed by atoms with Crippen LogP contribution >= 0.6 is 12.4 Å². The summed E-state index contributed by atoms with van der Waals surface area (Å²) in [6.45, 7) is 1.77. The standard InChI is InChI=1S/C15H22N2O.ClH/c1-17(12-10-13-7-3-2-4-8-13)15(18)14-9-5-6-11-16-14;/h2-4,7-8,14,16H,5-6,9-12H2,1H3;1H/t14-;/m0./s1. The summed E-state index contributed by atoms with van der Waals surface area (Å²) in [5.74, 6) is 0.241. The van der Waals surface area contributed by atoms with Crippen molar-refractivity contribution in [1.29, 1.82) is 0 Å². The number of rotatable bonds is 4. The molecule has 4 heteroatoms. The second-order valence-electron chi connectivity index (χ2n) is 5.00. The summed E-state index contributed by atoms with van der Waals surface area (Å²) >= 11 is 0. The van der Waals surface area contributed by atoms with Crippen molar-refractivity contribution in [3.8, 4) is 0 Å². The van der Waals surface area contributed by atoms with Crippen molar-refractivity contribution >= 4 is 18.3 Å². The Morgan fingerprint density at radius 2 is 2.05 bits per heavy atom. The Kier molecular flexibility index (Phi) is 6.89. The second kappa shape index (κ2) is 8.18. The van der Waals surface area contributed by atoms with E-state index in [4.69, 9.17) is 0 Å². The van der Waals surface area contributed by atoms with Gasteiger partial charge in [-0.3, -0.25) is 4.79 Å². The minimum atomic E-state index is 0. The third-order valence-electron chi connectivity index (χ3n) is 3.56. The summed E-state index contributed by atoms with van der Waals surface area (Å²) < 4.78 is 0. The van der Waals surface area contributed by atoms with Crippen molar-refractivity contribution in [3.05, 3.63) is 35.9 Å². The normalized spacial score (nSPS) is 18.5. The molecule has 106 valence electrons. The summed E-state index contributed by atoms with van der Waals surface area (Å²) in [6.07, 6.45) is 4.26. The Morgan fingerprint density at radius 3 is 2.68 bits per heavy atom. The van der Waals surface area contributed by atoms with Gasteiger partial charge >= 0.3 is 0 Å². The molecule has 0 bridgehead atoms. The molecule has 1 N–H and O–H groups in total. The van der Waals surface area contributed by atoms with Crippen LogP contribution in [0.25, 0.3) is 0 Å². The lowest BCUT2D eigenvalue weighted by molar-refractivity contribution is -0.132. The minimum absolute atomic E-state index is 0. The predicted octanol–water partition coefficient (Wildman–Crippen LogP) is 2.25. The average Bonchev–Trinajstić information content (AvgIpc) is 2.46. The maximum atomic E-state index is 12.2. The SMILES string of the molecule is CN(CCc1ccccc1)C(=O)[C@@H]1CCCCN1.Cl. The Balaban J connectivity index is 0.00000180. The summed E-state index contributed by atoms with van der Waals surface area (Å²) in [5, 5.41) is 3.31. The first-order valence-corrected chi connectivity index (χ1v) is 6.79. The smallest absolute Gasteiger partial charge is 0.239 e. The fraction of sp³-hybridized carbons (Fsp3) is 0.533. The van der Waals surface area contributed by atoms with Gasteiger partial charge in [0.15, 0.2) is 0 Å². The highest BCUT2D eigenvalue weighted by Crippen LogP contribution is 2.09. The molecule has 1 heterocycles. The molecule has 0 saturated carbocycles. The summed E-state index contributed by atoms with van der Waals surface area (Å²) in [6, 6.07) is 10.4. The van der Waals surface area contributed by atoms with Crippen molar-refractivity contribution < 1.29 is 4.79 Å². The summed E-state index contributed by atoms with van der Waals surface area (Å²) in [4.78, 5) is 14.0. The largest absolute Gasteiger partial charge is 0.344 e. The highest BCUT2D eigenvalue weighted by molar-refractivity contribution is 5.85. The van der Waals surface area contributed by atoms with Crippen LogP contribution in [0.5, 0.6) is 0 Å². The summed E-state index contributed by atoms with van der Waals surface area (Å²) in [7, 11) is 1.90. The molecule has 0 spiro atoms. The first-order chi connectivity index (χ1) is 8.77. The van der Waals surface area contributed by atoms with Crippen LogP contribution in [-0.4, -0.2) is 37.0 Å². The number of amides is 1. The Bertz CT molecular complexity index is 377. The lowest BCUT2D eigenvalue weighted by atomic mass is 10.0. The summed E-state index contributed by atoms with van der Waals surface area (Å²) in [5.41, 5.74) is 1.29. The first-order valence-electron chi connectivity index (χ1n) is 6.79. The van der Waals surface area contributed by atoms with Crippen molar-refractivity contribution in [1.82, 2.24) is 10.2 Å². The molecule has 1 aliphatic heterocycles. The van der Waals surface area contributed by atoms with Gasteiger partial charge in [-0.15, -0.1) is 12.4 Å². The van der Waals surface area contributed by atoms with E-state index >= 15 is 0 Å². The van der Waals surface area contributed by atoms with Crippen LogP contribution in [0.15, 0.2) is 30.3 Å². The predicted molar refractivity (Wildman–Crippen MR) is 80.7 cm³/mol. The Labute approximate surface area is 121 Å². The molecule has 1 aromatic carbocycles. The maximum absolute atomic E-state index is 12.2. The number of carbonyl (C=O) groups is 1. The number of piperidine rings is 1. The van der Waals surface area contributed by atoms with Gasteiger partial charge in [-0.25, -0.2) is 0 Å². The van der Waals surface area contributed by atoms with E-state index in [9.17, 15) is 4.79 Å². The van der Waals surface area contributed by atoms with Crippen molar-refractivity contribution in [3.63, 3.8) is 0 Å².